The maximum absolute atomic E-state index is 12.4. The molecular weight excluding hydrogens is 444 g/mol. The fraction of sp³-hybridized carbons (Fsp3) is 0.958. The third-order valence-electron chi connectivity index (χ3n) is 4.87. The highest BCUT2D eigenvalue weighted by Gasteiger charge is 2.23. The van der Waals surface area contributed by atoms with Crippen LogP contribution in [0.25, 0.3) is 0 Å². The lowest BCUT2D eigenvalue weighted by Crippen LogP contribution is -2.38. The van der Waals surface area contributed by atoms with Crippen molar-refractivity contribution < 1.29 is 28.5 Å². The average Bonchev–Trinajstić information content (AvgIpc) is 2.75. The molecule has 0 aromatic heterocycles. The Hall–Kier alpha value is -0.420. The van der Waals surface area contributed by atoms with Crippen LogP contribution in [0.15, 0.2) is 0 Å². The molecule has 0 saturated carbocycles. The standard InChI is InChI=1S/C24H50N2O6S/c1-22(2)8-11-29-14-16-31-18-19-32-17-15-30-13-10-26(6)23(27)20-33-24(3,4)21-25(5)9-12-28-7/h22H,8-21H2,1-7H3. The molecule has 0 rings (SSSR count). The number of carbonyl (C=O) groups excluding carboxylic acids is 1. The summed E-state index contributed by atoms with van der Waals surface area (Å²) in [4.78, 5) is 16.4. The summed E-state index contributed by atoms with van der Waals surface area (Å²) in [7, 11) is 5.61. The van der Waals surface area contributed by atoms with Crippen molar-refractivity contribution in [3.8, 4) is 0 Å². The van der Waals surface area contributed by atoms with Gasteiger partial charge in [-0.05, 0) is 33.2 Å². The van der Waals surface area contributed by atoms with Crippen LogP contribution in [-0.4, -0.2) is 127 Å². The molecule has 0 atom stereocenters. The number of likely N-dealkylation sites (N-methyl/N-ethyl adjacent to an activating group) is 2. The molecule has 198 valence electrons. The van der Waals surface area contributed by atoms with E-state index >= 15 is 0 Å². The first-order valence-electron chi connectivity index (χ1n) is 12.0. The van der Waals surface area contributed by atoms with Crippen LogP contribution in [0, 0.1) is 5.92 Å². The monoisotopic (exact) mass is 494 g/mol. The van der Waals surface area contributed by atoms with E-state index in [1.165, 1.54) is 0 Å². The van der Waals surface area contributed by atoms with Gasteiger partial charge in [0.15, 0.2) is 0 Å². The Morgan fingerprint density at radius 3 is 1.85 bits per heavy atom. The lowest BCUT2D eigenvalue weighted by molar-refractivity contribution is -0.127. The number of rotatable bonds is 23. The molecule has 0 saturated heterocycles. The summed E-state index contributed by atoms with van der Waals surface area (Å²) in [6, 6.07) is 0. The molecule has 0 N–H and O–H groups in total. The minimum absolute atomic E-state index is 0.00265. The fourth-order valence-corrected chi connectivity index (χ4v) is 3.84. The molecule has 1 amide bonds. The quantitative estimate of drug-likeness (QED) is 0.201. The Labute approximate surface area is 207 Å². The topological polar surface area (TPSA) is 69.7 Å². The number of hydrogen-bond donors (Lipinski definition) is 0. The highest BCUT2D eigenvalue weighted by Crippen LogP contribution is 2.25. The first-order valence-corrected chi connectivity index (χ1v) is 13.0. The van der Waals surface area contributed by atoms with Crippen molar-refractivity contribution in [3.63, 3.8) is 0 Å². The second-order valence-corrected chi connectivity index (χ2v) is 10.9. The molecule has 0 radical (unpaired) electrons. The zero-order valence-electron chi connectivity index (χ0n) is 22.2. The molecule has 0 bridgehead atoms. The van der Waals surface area contributed by atoms with Gasteiger partial charge in [0.2, 0.25) is 5.91 Å². The molecule has 0 aliphatic carbocycles. The van der Waals surface area contributed by atoms with E-state index in [2.05, 4.69) is 39.6 Å². The third kappa shape index (κ3) is 21.8. The van der Waals surface area contributed by atoms with Crippen LogP contribution in [0.5, 0.6) is 0 Å². The number of nitrogens with zero attached hydrogens (tertiary/aromatic N) is 2. The lowest BCUT2D eigenvalue weighted by atomic mass is 10.1. The van der Waals surface area contributed by atoms with Crippen LogP contribution in [0.1, 0.15) is 34.1 Å². The molecule has 0 aliphatic rings. The molecule has 0 aromatic rings. The summed E-state index contributed by atoms with van der Waals surface area (Å²) in [5.74, 6) is 1.26. The number of amides is 1. The fourth-order valence-electron chi connectivity index (χ4n) is 2.80. The van der Waals surface area contributed by atoms with Crippen LogP contribution >= 0.6 is 11.8 Å². The van der Waals surface area contributed by atoms with Gasteiger partial charge < -0.3 is 33.5 Å². The van der Waals surface area contributed by atoms with E-state index in [-0.39, 0.29) is 10.7 Å². The van der Waals surface area contributed by atoms with Gasteiger partial charge in [0, 0.05) is 45.1 Å². The summed E-state index contributed by atoms with van der Waals surface area (Å²) in [5.41, 5.74) is 0. The van der Waals surface area contributed by atoms with E-state index in [9.17, 15) is 4.79 Å². The van der Waals surface area contributed by atoms with Crippen molar-refractivity contribution in [3.05, 3.63) is 0 Å². The van der Waals surface area contributed by atoms with E-state index in [0.29, 0.717) is 71.1 Å². The van der Waals surface area contributed by atoms with Gasteiger partial charge in [-0.2, -0.15) is 0 Å². The van der Waals surface area contributed by atoms with E-state index in [1.54, 1.807) is 23.8 Å². The van der Waals surface area contributed by atoms with E-state index in [1.807, 2.05) is 7.05 Å². The number of thioether (sulfide) groups is 1. The summed E-state index contributed by atoms with van der Waals surface area (Å²) in [5, 5.41) is 0. The van der Waals surface area contributed by atoms with E-state index in [0.717, 1.165) is 26.1 Å². The molecule has 0 aromatic carbocycles. The van der Waals surface area contributed by atoms with Gasteiger partial charge >= 0.3 is 0 Å². The summed E-state index contributed by atoms with van der Waals surface area (Å²) in [6.45, 7) is 16.4. The lowest BCUT2D eigenvalue weighted by Gasteiger charge is -2.30. The molecule has 0 aliphatic heterocycles. The highest BCUT2D eigenvalue weighted by atomic mass is 32.2. The zero-order chi connectivity index (χ0) is 25.0. The molecule has 0 unspecified atom stereocenters. The number of carbonyl (C=O) groups is 1. The first kappa shape index (κ1) is 32.6. The van der Waals surface area contributed by atoms with Gasteiger partial charge in [-0.15, -0.1) is 11.8 Å². The largest absolute Gasteiger partial charge is 0.383 e. The number of methoxy groups -OCH3 is 1. The smallest absolute Gasteiger partial charge is 0.232 e. The molecule has 0 spiro atoms. The van der Waals surface area contributed by atoms with Crippen molar-refractivity contribution >= 4 is 17.7 Å². The third-order valence-corrected chi connectivity index (χ3v) is 6.17. The van der Waals surface area contributed by atoms with E-state index in [4.69, 9.17) is 23.7 Å². The highest BCUT2D eigenvalue weighted by molar-refractivity contribution is 8.01. The average molecular weight is 495 g/mol. The molecule has 8 nitrogen and oxygen atoms in total. The van der Waals surface area contributed by atoms with Crippen molar-refractivity contribution in [2.75, 3.05) is 106 Å². The molecule has 33 heavy (non-hydrogen) atoms. The van der Waals surface area contributed by atoms with Crippen molar-refractivity contribution in [1.29, 1.82) is 0 Å². The van der Waals surface area contributed by atoms with Gasteiger partial charge in [-0.25, -0.2) is 0 Å². The molecule has 9 heteroatoms. The molecule has 0 heterocycles. The minimum Gasteiger partial charge on any atom is -0.383 e. The number of ether oxygens (including phenoxy) is 5. The summed E-state index contributed by atoms with van der Waals surface area (Å²) in [6.07, 6.45) is 1.08. The Bertz CT molecular complexity index is 468. The van der Waals surface area contributed by atoms with Gasteiger partial charge in [0.25, 0.3) is 0 Å². The Morgan fingerprint density at radius 2 is 1.33 bits per heavy atom. The van der Waals surface area contributed by atoms with Crippen molar-refractivity contribution in [1.82, 2.24) is 9.80 Å². The van der Waals surface area contributed by atoms with Gasteiger partial charge in [0.05, 0.1) is 58.6 Å². The van der Waals surface area contributed by atoms with Crippen LogP contribution in [0.4, 0.5) is 0 Å². The van der Waals surface area contributed by atoms with Crippen LogP contribution < -0.4 is 0 Å². The van der Waals surface area contributed by atoms with Crippen LogP contribution in [-0.2, 0) is 28.5 Å². The van der Waals surface area contributed by atoms with Crippen molar-refractivity contribution in [2.24, 2.45) is 5.92 Å². The molecule has 0 fully saturated rings. The van der Waals surface area contributed by atoms with E-state index < -0.39 is 0 Å². The second kappa shape index (κ2) is 20.9. The van der Waals surface area contributed by atoms with Crippen LogP contribution in [0.3, 0.4) is 0 Å². The predicted octanol–water partition coefficient (Wildman–Crippen LogP) is 2.65. The summed E-state index contributed by atoms with van der Waals surface area (Å²) < 4.78 is 27.1. The Balaban J connectivity index is 3.60. The Morgan fingerprint density at radius 1 is 0.818 bits per heavy atom. The van der Waals surface area contributed by atoms with Gasteiger partial charge in [0.1, 0.15) is 0 Å². The van der Waals surface area contributed by atoms with Gasteiger partial charge in [-0.1, -0.05) is 13.8 Å². The van der Waals surface area contributed by atoms with Gasteiger partial charge in [-0.3, -0.25) is 4.79 Å². The Kier molecular flexibility index (Phi) is 20.6. The SMILES string of the molecule is COCCN(C)CC(C)(C)SCC(=O)N(C)CCOCCOCCOCCOCCC(C)C. The predicted molar refractivity (Wildman–Crippen MR) is 136 cm³/mol. The maximum Gasteiger partial charge on any atom is 0.232 e. The number of hydrogen-bond acceptors (Lipinski definition) is 8. The van der Waals surface area contributed by atoms with Crippen molar-refractivity contribution in [2.45, 2.75) is 38.9 Å². The molecular formula is C24H50N2O6S. The maximum atomic E-state index is 12.4. The first-order chi connectivity index (χ1) is 15.7. The summed E-state index contributed by atoms with van der Waals surface area (Å²) >= 11 is 1.69. The zero-order valence-corrected chi connectivity index (χ0v) is 23.0. The second-order valence-electron chi connectivity index (χ2n) is 9.23. The van der Waals surface area contributed by atoms with Crippen LogP contribution in [0.2, 0.25) is 0 Å². The minimum atomic E-state index is -0.00265. The normalized spacial score (nSPS) is 12.2.